The highest BCUT2D eigenvalue weighted by Crippen LogP contribution is 2.47. The van der Waals surface area contributed by atoms with Gasteiger partial charge in [0.05, 0.1) is 6.20 Å². The smallest absolute Gasteiger partial charge is 0.134 e. The molecule has 78 valence electrons. The zero-order valence-corrected chi connectivity index (χ0v) is 9.29. The van der Waals surface area contributed by atoms with Gasteiger partial charge in [0.15, 0.2) is 0 Å². The molecule has 1 N–H and O–H groups in total. The van der Waals surface area contributed by atoms with E-state index in [0.29, 0.717) is 0 Å². The lowest BCUT2D eigenvalue weighted by Crippen LogP contribution is -2.20. The normalized spacial score (nSPS) is 17.9. The molecule has 0 atom stereocenters. The molecule has 0 aliphatic heterocycles. The minimum absolute atomic E-state index is 0.0114. The van der Waals surface area contributed by atoms with E-state index in [4.69, 9.17) is 0 Å². The first-order valence-corrected chi connectivity index (χ1v) is 6.17. The van der Waals surface area contributed by atoms with Crippen molar-refractivity contribution in [1.82, 2.24) is 19.7 Å². The third-order valence-corrected chi connectivity index (χ3v) is 3.58. The lowest BCUT2D eigenvalue weighted by Gasteiger charge is -2.12. The Balaban J connectivity index is 2.00. The average molecular weight is 220 g/mol. The maximum absolute atomic E-state index is 4.41. The van der Waals surface area contributed by atoms with Crippen LogP contribution < -0.4 is 0 Å². The highest BCUT2D eigenvalue weighted by atomic mass is 32.2. The van der Waals surface area contributed by atoms with Crippen LogP contribution in [0.1, 0.15) is 18.7 Å². The Labute approximate surface area is 92.1 Å². The van der Waals surface area contributed by atoms with Crippen LogP contribution in [0.4, 0.5) is 0 Å². The van der Waals surface area contributed by atoms with Crippen LogP contribution >= 0.6 is 11.8 Å². The molecule has 0 spiro atoms. The third kappa shape index (κ3) is 1.30. The summed E-state index contributed by atoms with van der Waals surface area (Å²) in [6.45, 7) is 0. The van der Waals surface area contributed by atoms with Crippen molar-refractivity contribution in [3.63, 3.8) is 0 Å². The molecule has 15 heavy (non-hydrogen) atoms. The van der Waals surface area contributed by atoms with Crippen LogP contribution in [0.5, 0.6) is 0 Å². The van der Waals surface area contributed by atoms with Crippen molar-refractivity contribution in [1.29, 1.82) is 0 Å². The van der Waals surface area contributed by atoms with Crippen LogP contribution in [-0.2, 0) is 5.54 Å². The van der Waals surface area contributed by atoms with Crippen LogP contribution in [-0.4, -0.2) is 26.0 Å². The SMILES string of the molecule is CSc1cnn(C2(c3ncc[nH]3)CC2)c1. The van der Waals surface area contributed by atoms with Crippen molar-refractivity contribution < 1.29 is 0 Å². The lowest BCUT2D eigenvalue weighted by molar-refractivity contribution is 0.483. The van der Waals surface area contributed by atoms with E-state index in [0.717, 1.165) is 18.7 Å². The van der Waals surface area contributed by atoms with E-state index in [9.17, 15) is 0 Å². The van der Waals surface area contributed by atoms with Crippen molar-refractivity contribution in [2.24, 2.45) is 0 Å². The second-order valence-corrected chi connectivity index (χ2v) is 4.67. The number of aromatic amines is 1. The molecule has 0 aromatic carbocycles. The van der Waals surface area contributed by atoms with E-state index < -0.39 is 0 Å². The first-order chi connectivity index (χ1) is 7.35. The summed E-state index contributed by atoms with van der Waals surface area (Å²) in [4.78, 5) is 8.73. The molecule has 1 aliphatic rings. The molecular weight excluding hydrogens is 208 g/mol. The Morgan fingerprint density at radius 1 is 1.53 bits per heavy atom. The van der Waals surface area contributed by atoms with Crippen molar-refractivity contribution in [2.45, 2.75) is 23.3 Å². The van der Waals surface area contributed by atoms with Crippen LogP contribution in [0.15, 0.2) is 29.7 Å². The van der Waals surface area contributed by atoms with Crippen molar-refractivity contribution >= 4 is 11.8 Å². The lowest BCUT2D eigenvalue weighted by atomic mass is 10.2. The third-order valence-electron chi connectivity index (χ3n) is 2.90. The Hall–Kier alpha value is -1.23. The van der Waals surface area contributed by atoms with Crippen LogP contribution in [0.2, 0.25) is 0 Å². The summed E-state index contributed by atoms with van der Waals surface area (Å²) in [6, 6.07) is 0. The summed E-state index contributed by atoms with van der Waals surface area (Å²) >= 11 is 1.72. The first kappa shape index (κ1) is 9.03. The largest absolute Gasteiger partial charge is 0.347 e. The van der Waals surface area contributed by atoms with Gasteiger partial charge in [-0.3, -0.25) is 4.68 Å². The van der Waals surface area contributed by atoms with Crippen molar-refractivity contribution in [2.75, 3.05) is 6.26 Å². The van der Waals surface area contributed by atoms with Gasteiger partial charge in [0.2, 0.25) is 0 Å². The monoisotopic (exact) mass is 220 g/mol. The van der Waals surface area contributed by atoms with Crippen molar-refractivity contribution in [3.8, 4) is 0 Å². The maximum Gasteiger partial charge on any atom is 0.134 e. The van der Waals surface area contributed by atoms with Crippen LogP contribution in [0.3, 0.4) is 0 Å². The van der Waals surface area contributed by atoms with Gasteiger partial charge in [0.25, 0.3) is 0 Å². The summed E-state index contributed by atoms with van der Waals surface area (Å²) in [7, 11) is 0. The Kier molecular flexibility index (Phi) is 1.88. The van der Waals surface area contributed by atoms with Gasteiger partial charge < -0.3 is 4.98 Å². The fourth-order valence-corrected chi connectivity index (χ4v) is 2.22. The van der Waals surface area contributed by atoms with Gasteiger partial charge in [-0.25, -0.2) is 4.98 Å². The van der Waals surface area contributed by atoms with Crippen LogP contribution in [0.25, 0.3) is 0 Å². The zero-order chi connectivity index (χ0) is 10.3. The quantitative estimate of drug-likeness (QED) is 0.803. The van der Waals surface area contributed by atoms with E-state index in [1.54, 1.807) is 18.0 Å². The molecular formula is C10H12N4S. The number of thioether (sulfide) groups is 1. The average Bonchev–Trinajstić information content (AvgIpc) is 2.76. The topological polar surface area (TPSA) is 46.5 Å². The summed E-state index contributed by atoms with van der Waals surface area (Å²) in [5.74, 6) is 1.03. The molecule has 2 heterocycles. The minimum Gasteiger partial charge on any atom is -0.347 e. The number of rotatable bonds is 3. The molecule has 5 heteroatoms. The maximum atomic E-state index is 4.41. The van der Waals surface area contributed by atoms with Gasteiger partial charge in [0.1, 0.15) is 11.4 Å². The van der Waals surface area contributed by atoms with E-state index in [1.165, 1.54) is 4.90 Å². The molecule has 2 aromatic heterocycles. The summed E-state index contributed by atoms with van der Waals surface area (Å²) in [5.41, 5.74) is 0.0114. The first-order valence-electron chi connectivity index (χ1n) is 4.94. The second-order valence-electron chi connectivity index (χ2n) is 3.79. The van der Waals surface area contributed by atoms with E-state index in [-0.39, 0.29) is 5.54 Å². The molecule has 1 fully saturated rings. The second kappa shape index (κ2) is 3.13. The molecule has 0 radical (unpaired) electrons. The number of hydrogen-bond donors (Lipinski definition) is 1. The fraction of sp³-hybridized carbons (Fsp3) is 0.400. The van der Waals surface area contributed by atoms with Gasteiger partial charge in [-0.2, -0.15) is 5.10 Å². The zero-order valence-electron chi connectivity index (χ0n) is 8.47. The molecule has 0 saturated heterocycles. The standard InChI is InChI=1S/C10H12N4S/c1-15-8-6-13-14(7-8)10(2-3-10)9-11-4-5-12-9/h4-7H,2-3H2,1H3,(H,11,12). The van der Waals surface area contributed by atoms with Gasteiger partial charge >= 0.3 is 0 Å². The number of imidazole rings is 1. The van der Waals surface area contributed by atoms with Gasteiger partial charge in [-0.1, -0.05) is 0 Å². The van der Waals surface area contributed by atoms with E-state index >= 15 is 0 Å². The highest BCUT2D eigenvalue weighted by molar-refractivity contribution is 7.98. The Morgan fingerprint density at radius 3 is 2.93 bits per heavy atom. The Morgan fingerprint density at radius 2 is 2.40 bits per heavy atom. The number of aromatic nitrogens is 4. The van der Waals surface area contributed by atoms with Crippen molar-refractivity contribution in [3.05, 3.63) is 30.6 Å². The molecule has 4 nitrogen and oxygen atoms in total. The van der Waals surface area contributed by atoms with Crippen LogP contribution in [0, 0.1) is 0 Å². The number of hydrogen-bond acceptors (Lipinski definition) is 3. The fourth-order valence-electron chi connectivity index (χ4n) is 1.86. The number of nitrogens with zero attached hydrogens (tertiary/aromatic N) is 3. The van der Waals surface area contributed by atoms with E-state index in [1.807, 2.05) is 17.1 Å². The highest BCUT2D eigenvalue weighted by Gasteiger charge is 2.49. The van der Waals surface area contributed by atoms with E-state index in [2.05, 4.69) is 27.5 Å². The molecule has 3 rings (SSSR count). The molecule has 0 amide bonds. The molecule has 1 aliphatic carbocycles. The number of H-pyrrole nitrogens is 1. The molecule has 0 unspecified atom stereocenters. The molecule has 0 bridgehead atoms. The van der Waals surface area contributed by atoms with Gasteiger partial charge in [0, 0.05) is 23.5 Å². The minimum atomic E-state index is 0.0114. The Bertz CT molecular complexity index is 455. The summed E-state index contributed by atoms with van der Waals surface area (Å²) < 4.78 is 2.04. The van der Waals surface area contributed by atoms with Gasteiger partial charge in [-0.05, 0) is 19.1 Å². The molecule has 2 aromatic rings. The molecule has 1 saturated carbocycles. The number of nitrogens with one attached hydrogen (secondary N) is 1. The summed E-state index contributed by atoms with van der Waals surface area (Å²) in [5, 5.41) is 4.41. The predicted octanol–water partition coefficient (Wildman–Crippen LogP) is 1.87. The van der Waals surface area contributed by atoms with Gasteiger partial charge in [-0.15, -0.1) is 11.8 Å². The predicted molar refractivity (Wildman–Crippen MR) is 58.9 cm³/mol. The summed E-state index contributed by atoms with van der Waals surface area (Å²) in [6.07, 6.45) is 12.0.